The van der Waals surface area contributed by atoms with Gasteiger partial charge in [-0.1, -0.05) is 68.6 Å². The molecule has 1 saturated carbocycles. The van der Waals surface area contributed by atoms with Crippen molar-refractivity contribution in [2.24, 2.45) is 28.8 Å². The van der Waals surface area contributed by atoms with Crippen LogP contribution < -0.4 is 0 Å². The van der Waals surface area contributed by atoms with E-state index in [9.17, 15) is 20.2 Å². The molecule has 0 aromatic rings. The summed E-state index contributed by atoms with van der Waals surface area (Å²) in [5, 5.41) is 36.7. The second-order valence-electron chi connectivity index (χ2n) is 17.4. The molecule has 1 spiro atoms. The van der Waals surface area contributed by atoms with Crippen molar-refractivity contribution in [1.29, 1.82) is 0 Å². The number of fused-ring (bicyclic) bond motifs is 2. The summed E-state index contributed by atoms with van der Waals surface area (Å²) in [6.45, 7) is 10.0. The van der Waals surface area contributed by atoms with Crippen LogP contribution in [0.3, 0.4) is 0 Å². The van der Waals surface area contributed by atoms with E-state index in [-0.39, 0.29) is 30.4 Å². The number of ether oxygens (including phenoxy) is 7. The van der Waals surface area contributed by atoms with E-state index < -0.39 is 66.2 Å². The van der Waals surface area contributed by atoms with E-state index in [1.54, 1.807) is 26.2 Å². The highest BCUT2D eigenvalue weighted by Gasteiger charge is 2.60. The van der Waals surface area contributed by atoms with Crippen molar-refractivity contribution in [1.82, 2.24) is 0 Å². The normalized spacial score (nSPS) is 47.9. The van der Waals surface area contributed by atoms with Crippen LogP contribution >= 0.6 is 0 Å². The van der Waals surface area contributed by atoms with Gasteiger partial charge in [0.1, 0.15) is 35.5 Å². The van der Waals surface area contributed by atoms with Gasteiger partial charge >= 0.3 is 5.97 Å². The van der Waals surface area contributed by atoms with Gasteiger partial charge in [0.05, 0.1) is 37.1 Å². The Bertz CT molecular complexity index is 1550. The molecule has 7 rings (SSSR count). The molecule has 2 bridgehead atoms. The van der Waals surface area contributed by atoms with Crippen LogP contribution in [0.15, 0.2) is 52.3 Å². The lowest BCUT2D eigenvalue weighted by Crippen LogP contribution is -2.57. The molecule has 0 aromatic carbocycles. The monoisotopic (exact) mass is 769 g/mol. The van der Waals surface area contributed by atoms with Gasteiger partial charge in [0.15, 0.2) is 12.1 Å². The minimum atomic E-state index is -1.83. The number of oxime groups is 1. The van der Waals surface area contributed by atoms with Crippen LogP contribution in [-0.2, 0) is 38.0 Å². The van der Waals surface area contributed by atoms with Gasteiger partial charge in [0, 0.05) is 38.7 Å². The Hall–Kier alpha value is -2.42. The van der Waals surface area contributed by atoms with Gasteiger partial charge in [-0.05, 0) is 75.0 Å². The predicted octanol–water partition coefficient (Wildman–Crippen LogP) is 6.07. The van der Waals surface area contributed by atoms with Crippen LogP contribution in [0.4, 0.5) is 0 Å². The van der Waals surface area contributed by atoms with E-state index in [4.69, 9.17) is 33.2 Å². The fraction of sp³-hybridized carbons (Fsp3) is 0.767. The SMILES string of the molecule is CO[C@H]1C[C@H](O[C@@H]2/C(C)=C\C[C@@H]3C[C@@H](C[C@]4(CC[C@H](C)[C@@H](C5CCCCC5)O4)O3)OC(=O)[C@@H]3C=C(C)/C(=N/O)[C@H]4OC/C(=C/C=C\[C@@H]2C)[C@]43O)O[C@@H](C)[C@@H]1O. The summed E-state index contributed by atoms with van der Waals surface area (Å²) in [6, 6.07) is 0. The molecule has 0 aromatic heterocycles. The van der Waals surface area contributed by atoms with Crippen molar-refractivity contribution in [3.05, 3.63) is 47.1 Å². The van der Waals surface area contributed by atoms with E-state index in [0.717, 1.165) is 24.8 Å². The molecular weight excluding hydrogens is 706 g/mol. The molecule has 0 amide bonds. The van der Waals surface area contributed by atoms with Crippen LogP contribution in [0.5, 0.6) is 0 Å². The summed E-state index contributed by atoms with van der Waals surface area (Å²) >= 11 is 0. The number of carbonyl (C=O) groups is 1. The summed E-state index contributed by atoms with van der Waals surface area (Å²) in [5.41, 5.74) is 0.362. The van der Waals surface area contributed by atoms with Crippen molar-refractivity contribution in [3.63, 3.8) is 0 Å². The molecule has 0 unspecified atom stereocenters. The minimum Gasteiger partial charge on any atom is -0.462 e. The second-order valence-corrected chi connectivity index (χ2v) is 17.4. The van der Waals surface area contributed by atoms with Gasteiger partial charge in [0.25, 0.3) is 0 Å². The predicted molar refractivity (Wildman–Crippen MR) is 203 cm³/mol. The second kappa shape index (κ2) is 16.8. The van der Waals surface area contributed by atoms with Gasteiger partial charge in [-0.3, -0.25) is 4.79 Å². The van der Waals surface area contributed by atoms with Crippen molar-refractivity contribution in [2.45, 2.75) is 172 Å². The Labute approximate surface area is 325 Å². The molecule has 3 N–H and O–H groups in total. The first-order valence-corrected chi connectivity index (χ1v) is 20.7. The number of allylic oxidation sites excluding steroid dienone is 2. The molecule has 12 nitrogen and oxygen atoms in total. The number of hydrogen-bond acceptors (Lipinski definition) is 12. The van der Waals surface area contributed by atoms with Crippen molar-refractivity contribution in [3.8, 4) is 0 Å². The lowest BCUT2D eigenvalue weighted by Gasteiger charge is -2.51. The fourth-order valence-corrected chi connectivity index (χ4v) is 10.4. The number of carbonyl (C=O) groups excluding carboxylic acids is 1. The summed E-state index contributed by atoms with van der Waals surface area (Å²) < 4.78 is 45.1. The van der Waals surface area contributed by atoms with E-state index in [1.807, 2.05) is 19.1 Å². The van der Waals surface area contributed by atoms with Gasteiger partial charge in [0.2, 0.25) is 0 Å². The molecular formula is C43H63NO11. The number of esters is 1. The third-order valence-electron chi connectivity index (χ3n) is 13.6. The fourth-order valence-electron chi connectivity index (χ4n) is 10.4. The Morgan fingerprint density at radius 2 is 1.80 bits per heavy atom. The Kier molecular flexibility index (Phi) is 12.5. The quantitative estimate of drug-likeness (QED) is 0.132. The summed E-state index contributed by atoms with van der Waals surface area (Å²) in [4.78, 5) is 14.4. The molecule has 14 atom stereocenters. The zero-order valence-electron chi connectivity index (χ0n) is 33.4. The number of hydrogen-bond donors (Lipinski definition) is 3. The molecule has 0 radical (unpaired) electrons. The van der Waals surface area contributed by atoms with Crippen molar-refractivity contribution < 1.29 is 53.4 Å². The standard InChI is InChI=1S/C43H63NO11/c1-24-11-10-14-30-23-50-40-36(44-48)27(4)19-33(43(30,40)47)41(46)52-32-20-31(16-15-25(2)38(24)53-35-21-34(49-6)37(45)28(5)51-35)54-42(22-32)18-17-26(3)39(55-42)29-12-8-7-9-13-29/h10-11,14-15,19,24,26,28-29,31-35,37-40,45,47-48H,7-9,12-13,16-18,20-23H2,1-6H3/b11-10-,25-15-,30-14-,44-36-/t24-,26-,28-,31+,32-,33-,34-,35-,37-,38-,39-,40+,42+,43+/m0/s1. The summed E-state index contributed by atoms with van der Waals surface area (Å²) in [6.07, 6.45) is 14.4. The zero-order chi connectivity index (χ0) is 39.1. The number of rotatable bonds is 4. The van der Waals surface area contributed by atoms with Gasteiger partial charge in [-0.25, -0.2) is 0 Å². The van der Waals surface area contributed by atoms with Gasteiger partial charge < -0.3 is 48.6 Å². The molecule has 5 heterocycles. The molecule has 2 aliphatic carbocycles. The Balaban J connectivity index is 1.25. The van der Waals surface area contributed by atoms with Gasteiger partial charge in [-0.2, -0.15) is 0 Å². The van der Waals surface area contributed by atoms with Gasteiger partial charge in [-0.15, -0.1) is 0 Å². The third-order valence-corrected chi connectivity index (χ3v) is 13.6. The molecule has 55 heavy (non-hydrogen) atoms. The van der Waals surface area contributed by atoms with E-state index in [1.165, 1.54) is 19.3 Å². The van der Waals surface area contributed by atoms with Crippen LogP contribution in [0.2, 0.25) is 0 Å². The van der Waals surface area contributed by atoms with Crippen LogP contribution in [-0.4, -0.2) is 107 Å². The minimum absolute atomic E-state index is 0.0359. The Morgan fingerprint density at radius 3 is 2.55 bits per heavy atom. The Morgan fingerprint density at radius 1 is 1.02 bits per heavy atom. The molecule has 12 heteroatoms. The number of aliphatic hydroxyl groups excluding tert-OH is 1. The zero-order valence-corrected chi connectivity index (χ0v) is 33.4. The first kappa shape index (κ1) is 40.8. The highest BCUT2D eigenvalue weighted by atomic mass is 16.7. The first-order chi connectivity index (χ1) is 26.4. The van der Waals surface area contributed by atoms with E-state index >= 15 is 0 Å². The smallest absolute Gasteiger partial charge is 0.316 e. The highest BCUT2D eigenvalue weighted by Crippen LogP contribution is 2.48. The lowest BCUT2D eigenvalue weighted by atomic mass is 9.71. The van der Waals surface area contributed by atoms with Crippen molar-refractivity contribution in [2.75, 3.05) is 13.7 Å². The highest BCUT2D eigenvalue weighted by molar-refractivity contribution is 6.06. The van der Waals surface area contributed by atoms with Crippen LogP contribution in [0, 0.1) is 23.7 Å². The maximum atomic E-state index is 14.4. The number of aliphatic hydroxyl groups is 2. The largest absolute Gasteiger partial charge is 0.462 e. The third kappa shape index (κ3) is 8.17. The first-order valence-electron chi connectivity index (χ1n) is 20.7. The molecule has 5 fully saturated rings. The average Bonchev–Trinajstić information content (AvgIpc) is 3.50. The van der Waals surface area contributed by atoms with Crippen LogP contribution in [0.25, 0.3) is 0 Å². The maximum Gasteiger partial charge on any atom is 0.316 e. The van der Waals surface area contributed by atoms with Crippen LogP contribution in [0.1, 0.15) is 105 Å². The molecule has 4 saturated heterocycles. The summed E-state index contributed by atoms with van der Waals surface area (Å²) in [7, 11) is 1.59. The van der Waals surface area contributed by atoms with E-state index in [0.29, 0.717) is 55.1 Å². The molecule has 7 aliphatic rings. The molecule has 5 aliphatic heterocycles. The van der Waals surface area contributed by atoms with E-state index in [2.05, 4.69) is 32.0 Å². The number of methoxy groups -OCH3 is 1. The van der Waals surface area contributed by atoms with Crippen molar-refractivity contribution >= 4 is 11.7 Å². The topological polar surface area (TPSA) is 155 Å². The lowest BCUT2D eigenvalue weighted by molar-refractivity contribution is -0.342. The number of nitrogens with zero attached hydrogens (tertiary/aromatic N) is 1. The molecule has 306 valence electrons. The summed E-state index contributed by atoms with van der Waals surface area (Å²) in [5.74, 6) is -1.83. The average molecular weight is 770 g/mol. The maximum absolute atomic E-state index is 14.4.